The van der Waals surface area contributed by atoms with Gasteiger partial charge in [-0.15, -0.1) is 0 Å². The molecule has 112 valence electrons. The summed E-state index contributed by atoms with van der Waals surface area (Å²) in [4.78, 5) is 18.9. The zero-order valence-electron chi connectivity index (χ0n) is 12.6. The molecule has 3 rings (SSSR count). The Kier molecular flexibility index (Phi) is 3.82. The van der Waals surface area contributed by atoms with Gasteiger partial charge in [0.1, 0.15) is 11.6 Å². The largest absolute Gasteiger partial charge is 0.469 e. The number of rotatable bonds is 3. The predicted molar refractivity (Wildman–Crippen MR) is 79.2 cm³/mol. The third-order valence-corrected chi connectivity index (χ3v) is 4.23. The first-order valence-corrected chi connectivity index (χ1v) is 7.55. The molecular formula is C16H21N3O2. The SMILES string of the molecule is CCc1nccn1[C@@H]1CCCN(C(=O)c2ccoc2C)C1. The summed E-state index contributed by atoms with van der Waals surface area (Å²) in [7, 11) is 0. The molecule has 0 aromatic carbocycles. The molecule has 1 aliphatic heterocycles. The zero-order valence-corrected chi connectivity index (χ0v) is 12.6. The lowest BCUT2D eigenvalue weighted by Gasteiger charge is -2.34. The smallest absolute Gasteiger partial charge is 0.257 e. The topological polar surface area (TPSA) is 51.3 Å². The third kappa shape index (κ3) is 2.60. The van der Waals surface area contributed by atoms with Gasteiger partial charge in [0.15, 0.2) is 0 Å². The predicted octanol–water partition coefficient (Wildman–Crippen LogP) is 2.82. The van der Waals surface area contributed by atoms with Crippen LogP contribution in [0.4, 0.5) is 0 Å². The van der Waals surface area contributed by atoms with Crippen molar-refractivity contribution in [1.29, 1.82) is 0 Å². The fraction of sp³-hybridized carbons (Fsp3) is 0.500. The van der Waals surface area contributed by atoms with Crippen LogP contribution >= 0.6 is 0 Å². The molecule has 0 radical (unpaired) electrons. The Morgan fingerprint density at radius 1 is 1.52 bits per heavy atom. The number of aryl methyl sites for hydroxylation is 2. The molecule has 0 N–H and O–H groups in total. The lowest BCUT2D eigenvalue weighted by molar-refractivity contribution is 0.0676. The van der Waals surface area contributed by atoms with Crippen LogP contribution in [0.15, 0.2) is 29.1 Å². The maximum Gasteiger partial charge on any atom is 0.257 e. The second-order valence-electron chi connectivity index (χ2n) is 5.54. The van der Waals surface area contributed by atoms with Crippen molar-refractivity contribution < 1.29 is 9.21 Å². The molecule has 21 heavy (non-hydrogen) atoms. The average molecular weight is 287 g/mol. The first kappa shape index (κ1) is 13.9. The molecule has 3 heterocycles. The maximum atomic E-state index is 12.6. The van der Waals surface area contributed by atoms with Gasteiger partial charge >= 0.3 is 0 Å². The van der Waals surface area contributed by atoms with Crippen LogP contribution < -0.4 is 0 Å². The monoisotopic (exact) mass is 287 g/mol. The minimum Gasteiger partial charge on any atom is -0.469 e. The summed E-state index contributed by atoms with van der Waals surface area (Å²) in [6, 6.07) is 2.09. The van der Waals surface area contributed by atoms with Crippen molar-refractivity contribution in [3.63, 3.8) is 0 Å². The number of piperidine rings is 1. The van der Waals surface area contributed by atoms with Crippen LogP contribution in [0.3, 0.4) is 0 Å². The fourth-order valence-electron chi connectivity index (χ4n) is 3.09. The molecule has 1 saturated heterocycles. The van der Waals surface area contributed by atoms with Crippen molar-refractivity contribution in [3.05, 3.63) is 41.9 Å². The van der Waals surface area contributed by atoms with E-state index >= 15 is 0 Å². The third-order valence-electron chi connectivity index (χ3n) is 4.23. The van der Waals surface area contributed by atoms with Crippen molar-refractivity contribution >= 4 is 5.91 Å². The Morgan fingerprint density at radius 3 is 3.10 bits per heavy atom. The number of carbonyl (C=O) groups is 1. The summed E-state index contributed by atoms with van der Waals surface area (Å²) < 4.78 is 7.47. The minimum atomic E-state index is 0.0733. The second-order valence-corrected chi connectivity index (χ2v) is 5.54. The van der Waals surface area contributed by atoms with Gasteiger partial charge in [0.05, 0.1) is 17.9 Å². The molecular weight excluding hydrogens is 266 g/mol. The number of nitrogens with zero attached hydrogens (tertiary/aromatic N) is 3. The van der Waals surface area contributed by atoms with Crippen LogP contribution in [0.1, 0.15) is 47.7 Å². The van der Waals surface area contributed by atoms with E-state index in [0.29, 0.717) is 17.4 Å². The average Bonchev–Trinajstić information content (AvgIpc) is 3.15. The van der Waals surface area contributed by atoms with Crippen LogP contribution in [0.2, 0.25) is 0 Å². The van der Waals surface area contributed by atoms with Gasteiger partial charge < -0.3 is 13.9 Å². The number of aromatic nitrogens is 2. The highest BCUT2D eigenvalue weighted by Crippen LogP contribution is 2.25. The van der Waals surface area contributed by atoms with Crippen LogP contribution in [0, 0.1) is 6.92 Å². The van der Waals surface area contributed by atoms with Gasteiger partial charge in [-0.25, -0.2) is 4.98 Å². The number of hydrogen-bond acceptors (Lipinski definition) is 3. The maximum absolute atomic E-state index is 12.6. The lowest BCUT2D eigenvalue weighted by atomic mass is 10.0. The summed E-state index contributed by atoms with van der Waals surface area (Å²) in [5, 5.41) is 0. The summed E-state index contributed by atoms with van der Waals surface area (Å²) >= 11 is 0. The first-order chi connectivity index (χ1) is 10.2. The van der Waals surface area contributed by atoms with Crippen molar-refractivity contribution in [2.24, 2.45) is 0 Å². The fourth-order valence-corrected chi connectivity index (χ4v) is 3.09. The molecule has 5 heteroatoms. The summed E-state index contributed by atoms with van der Waals surface area (Å²) in [5.74, 6) is 1.86. The van der Waals surface area contributed by atoms with Gasteiger partial charge in [-0.3, -0.25) is 4.79 Å². The van der Waals surface area contributed by atoms with E-state index in [1.54, 1.807) is 12.3 Å². The summed E-state index contributed by atoms with van der Waals surface area (Å²) in [6.07, 6.45) is 8.49. The lowest BCUT2D eigenvalue weighted by Crippen LogP contribution is -2.41. The number of hydrogen-bond donors (Lipinski definition) is 0. The summed E-state index contributed by atoms with van der Waals surface area (Å²) in [5.41, 5.74) is 0.678. The minimum absolute atomic E-state index is 0.0733. The summed E-state index contributed by atoms with van der Waals surface area (Å²) in [6.45, 7) is 5.50. The number of amides is 1. The van der Waals surface area contributed by atoms with E-state index in [-0.39, 0.29) is 5.91 Å². The molecule has 1 atom stereocenters. The number of furan rings is 1. The molecule has 1 amide bonds. The Morgan fingerprint density at radius 2 is 2.38 bits per heavy atom. The number of imidazole rings is 1. The Balaban J connectivity index is 1.77. The van der Waals surface area contributed by atoms with Gasteiger partial charge in [0.2, 0.25) is 0 Å². The number of carbonyl (C=O) groups excluding carboxylic acids is 1. The highest BCUT2D eigenvalue weighted by Gasteiger charge is 2.27. The van der Waals surface area contributed by atoms with E-state index in [9.17, 15) is 4.79 Å². The molecule has 0 aliphatic carbocycles. The molecule has 5 nitrogen and oxygen atoms in total. The van der Waals surface area contributed by atoms with Crippen molar-refractivity contribution in [2.45, 2.75) is 39.2 Å². The van der Waals surface area contributed by atoms with Gasteiger partial charge in [-0.05, 0) is 25.8 Å². The number of likely N-dealkylation sites (tertiary alicyclic amines) is 1. The Hall–Kier alpha value is -2.04. The Labute approximate surface area is 124 Å². The molecule has 2 aromatic heterocycles. The highest BCUT2D eigenvalue weighted by atomic mass is 16.3. The van der Waals surface area contributed by atoms with Crippen LogP contribution in [-0.2, 0) is 6.42 Å². The van der Waals surface area contributed by atoms with E-state index in [4.69, 9.17) is 4.42 Å². The second kappa shape index (κ2) is 5.76. The molecule has 1 aliphatic rings. The van der Waals surface area contributed by atoms with E-state index in [2.05, 4.69) is 16.5 Å². The van der Waals surface area contributed by atoms with Crippen LogP contribution in [0.25, 0.3) is 0 Å². The molecule has 0 bridgehead atoms. The molecule has 1 fully saturated rings. The van der Waals surface area contributed by atoms with E-state index in [0.717, 1.165) is 38.2 Å². The normalized spacial score (nSPS) is 19.0. The van der Waals surface area contributed by atoms with Gasteiger partial charge in [0.25, 0.3) is 5.91 Å². The van der Waals surface area contributed by atoms with Crippen molar-refractivity contribution in [2.75, 3.05) is 13.1 Å². The van der Waals surface area contributed by atoms with Crippen molar-refractivity contribution in [1.82, 2.24) is 14.5 Å². The standard InChI is InChI=1S/C16H21N3O2/c1-3-15-17-7-9-19(15)13-5-4-8-18(11-13)16(20)14-6-10-21-12(14)2/h6-7,9-10,13H,3-5,8,11H2,1-2H3/t13-/m1/s1. The molecule has 2 aromatic rings. The Bertz CT molecular complexity index is 629. The van der Waals surface area contributed by atoms with Gasteiger partial charge in [0, 0.05) is 31.9 Å². The van der Waals surface area contributed by atoms with E-state index < -0.39 is 0 Å². The molecule has 0 saturated carbocycles. The van der Waals surface area contributed by atoms with Gasteiger partial charge in [-0.2, -0.15) is 0 Å². The van der Waals surface area contributed by atoms with E-state index in [1.165, 1.54) is 0 Å². The van der Waals surface area contributed by atoms with Crippen molar-refractivity contribution in [3.8, 4) is 0 Å². The highest BCUT2D eigenvalue weighted by molar-refractivity contribution is 5.95. The molecule has 0 spiro atoms. The molecule has 0 unspecified atom stereocenters. The zero-order chi connectivity index (χ0) is 14.8. The quantitative estimate of drug-likeness (QED) is 0.872. The van der Waals surface area contributed by atoms with Gasteiger partial charge in [-0.1, -0.05) is 6.92 Å². The first-order valence-electron chi connectivity index (χ1n) is 7.55. The van der Waals surface area contributed by atoms with Crippen LogP contribution in [-0.4, -0.2) is 33.4 Å². The van der Waals surface area contributed by atoms with E-state index in [1.807, 2.05) is 24.2 Å². The van der Waals surface area contributed by atoms with Crippen LogP contribution in [0.5, 0.6) is 0 Å².